The Bertz CT molecular complexity index is 683. The number of hydrazine groups is 1. The Morgan fingerprint density at radius 1 is 1.04 bits per heavy atom. The second kappa shape index (κ2) is 10.1. The summed E-state index contributed by atoms with van der Waals surface area (Å²) >= 11 is 0. The lowest BCUT2D eigenvalue weighted by molar-refractivity contribution is -0.179. The molecule has 0 aliphatic rings. The van der Waals surface area contributed by atoms with Crippen molar-refractivity contribution in [3.8, 4) is 0 Å². The summed E-state index contributed by atoms with van der Waals surface area (Å²) in [5.41, 5.74) is 2.23. The summed E-state index contributed by atoms with van der Waals surface area (Å²) in [6.07, 6.45) is -2.73. The number of rotatable bonds is 7. The molecule has 148 valence electrons. The molecule has 0 heterocycles. The van der Waals surface area contributed by atoms with Crippen molar-refractivity contribution in [1.82, 2.24) is 10.4 Å². The number of hydrogen-bond acceptors (Lipinski definition) is 7. The minimum Gasteiger partial charge on any atom is -0.457 e. The Morgan fingerprint density at radius 2 is 1.63 bits per heavy atom. The number of carbonyl (C=O) groups is 4. The zero-order chi connectivity index (χ0) is 20.4. The van der Waals surface area contributed by atoms with Crippen molar-refractivity contribution < 1.29 is 37.8 Å². The van der Waals surface area contributed by atoms with Gasteiger partial charge >= 0.3 is 23.9 Å². The first kappa shape index (κ1) is 21.9. The molecule has 27 heavy (non-hydrogen) atoms. The number of alkyl halides is 1. The molecule has 0 saturated carbocycles. The van der Waals surface area contributed by atoms with E-state index in [9.17, 15) is 19.2 Å². The number of ether oxygens (including phenoxy) is 3. The van der Waals surface area contributed by atoms with E-state index < -0.39 is 29.7 Å². The van der Waals surface area contributed by atoms with Gasteiger partial charge in [0.05, 0.1) is 13.2 Å². The molecule has 2 amide bonds. The summed E-state index contributed by atoms with van der Waals surface area (Å²) in [5, 5.41) is -0.176. The summed E-state index contributed by atoms with van der Waals surface area (Å²) in [4.78, 5) is 47.9. The number of halogens is 1. The van der Waals surface area contributed by atoms with Crippen LogP contribution in [0, 0.1) is 0 Å². The first-order valence-corrected chi connectivity index (χ1v) is 8.08. The fourth-order valence-corrected chi connectivity index (χ4v) is 1.90. The van der Waals surface area contributed by atoms with Gasteiger partial charge in [-0.25, -0.2) is 19.8 Å². The smallest absolute Gasteiger partial charge is 0.432 e. The summed E-state index contributed by atoms with van der Waals surface area (Å²) < 4.78 is 29.4. The second-order valence-electron chi connectivity index (χ2n) is 5.11. The molecule has 0 aromatic heterocycles. The molecule has 1 rings (SSSR count). The largest absolute Gasteiger partial charge is 0.457 e. The van der Waals surface area contributed by atoms with Crippen LogP contribution < -0.4 is 5.43 Å². The number of benzene rings is 1. The minimum atomic E-state index is -3.65. The van der Waals surface area contributed by atoms with Crippen molar-refractivity contribution in [3.63, 3.8) is 0 Å². The van der Waals surface area contributed by atoms with Crippen molar-refractivity contribution in [2.45, 2.75) is 33.2 Å². The zero-order valence-corrected chi connectivity index (χ0v) is 15.2. The molecule has 0 bridgehead atoms. The summed E-state index contributed by atoms with van der Waals surface area (Å²) in [6, 6.07) is 8.29. The molecule has 0 aliphatic carbocycles. The molecule has 10 heteroatoms. The molecule has 0 saturated heterocycles. The lowest BCUT2D eigenvalue weighted by Gasteiger charge is -2.31. The highest BCUT2D eigenvalue weighted by Crippen LogP contribution is 2.22. The van der Waals surface area contributed by atoms with Gasteiger partial charge in [-0.05, 0) is 19.4 Å². The molecule has 0 fully saturated rings. The van der Waals surface area contributed by atoms with Crippen LogP contribution in [0.3, 0.4) is 0 Å². The lowest BCUT2D eigenvalue weighted by Crippen LogP contribution is -2.65. The molecule has 0 radical (unpaired) electrons. The number of Topliss-reactive ketones (excluding diaryl/α,β-unsaturated/α-hetero) is 1. The van der Waals surface area contributed by atoms with E-state index in [4.69, 9.17) is 4.74 Å². The third-order valence-electron chi connectivity index (χ3n) is 3.19. The molecular formula is C17H21FN2O7. The monoisotopic (exact) mass is 384 g/mol. The van der Waals surface area contributed by atoms with Crippen molar-refractivity contribution >= 4 is 23.9 Å². The van der Waals surface area contributed by atoms with Crippen molar-refractivity contribution in [3.05, 3.63) is 35.9 Å². The maximum absolute atomic E-state index is 15.4. The van der Waals surface area contributed by atoms with Crippen molar-refractivity contribution in [1.29, 1.82) is 0 Å². The summed E-state index contributed by atoms with van der Waals surface area (Å²) in [7, 11) is 0. The molecule has 1 aromatic carbocycles. The Labute approximate surface area is 155 Å². The van der Waals surface area contributed by atoms with Crippen molar-refractivity contribution in [2.75, 3.05) is 13.2 Å². The predicted octanol–water partition coefficient (Wildman–Crippen LogP) is 2.10. The molecule has 1 atom stereocenters. The van der Waals surface area contributed by atoms with Gasteiger partial charge in [0.1, 0.15) is 6.61 Å². The highest BCUT2D eigenvalue weighted by Gasteiger charge is 2.56. The molecule has 1 N–H and O–H groups in total. The first-order valence-electron chi connectivity index (χ1n) is 8.08. The van der Waals surface area contributed by atoms with Crippen LogP contribution in [0.4, 0.5) is 14.0 Å². The normalized spacial score (nSPS) is 12.3. The van der Waals surface area contributed by atoms with Crippen LogP contribution in [0.5, 0.6) is 0 Å². The maximum Gasteiger partial charge on any atom is 0.432 e. The number of nitrogens with one attached hydrogen (secondary N) is 1. The van der Waals surface area contributed by atoms with Gasteiger partial charge in [0.25, 0.3) is 0 Å². The standard InChI is InChI=1S/C17H21FN2O7/c1-4-25-15(23)19-20(16(24)26-5-2)17(18,12(3)21)14(22)27-11-13-9-7-6-8-10-13/h6-10H,4-5,11H2,1-3H3,(H,19,23)/t17-/m1/s1. The average Bonchev–Trinajstić information content (AvgIpc) is 2.64. The number of hydrogen-bond donors (Lipinski definition) is 1. The predicted molar refractivity (Wildman–Crippen MR) is 89.8 cm³/mol. The van der Waals surface area contributed by atoms with Crippen LogP contribution in [-0.4, -0.2) is 48.0 Å². The highest BCUT2D eigenvalue weighted by molar-refractivity contribution is 6.07. The van der Waals surface area contributed by atoms with Crippen LogP contribution >= 0.6 is 0 Å². The van der Waals surface area contributed by atoms with Gasteiger partial charge in [-0.2, -0.15) is 9.40 Å². The van der Waals surface area contributed by atoms with E-state index in [-0.39, 0.29) is 24.8 Å². The molecule has 0 spiro atoms. The van der Waals surface area contributed by atoms with E-state index in [0.717, 1.165) is 6.92 Å². The van der Waals surface area contributed by atoms with Gasteiger partial charge in [0.2, 0.25) is 5.78 Å². The quantitative estimate of drug-likeness (QED) is 0.252. The second-order valence-corrected chi connectivity index (χ2v) is 5.11. The van der Waals surface area contributed by atoms with Crippen LogP contribution in [0.25, 0.3) is 0 Å². The van der Waals surface area contributed by atoms with Gasteiger partial charge in [0.15, 0.2) is 0 Å². The average molecular weight is 384 g/mol. The summed E-state index contributed by atoms with van der Waals surface area (Å²) in [5.74, 6) is -6.73. The first-order chi connectivity index (χ1) is 12.8. The van der Waals surface area contributed by atoms with E-state index in [2.05, 4.69) is 9.47 Å². The Hall–Kier alpha value is -3.17. The SMILES string of the molecule is CCOC(=O)NN(C(=O)OCC)[C@](F)(C(C)=O)C(=O)OCc1ccccc1. The fourth-order valence-electron chi connectivity index (χ4n) is 1.90. The molecule has 1 aromatic rings. The topological polar surface area (TPSA) is 111 Å². The van der Waals surface area contributed by atoms with E-state index in [0.29, 0.717) is 5.56 Å². The van der Waals surface area contributed by atoms with Gasteiger partial charge in [-0.15, -0.1) is 0 Å². The van der Waals surface area contributed by atoms with E-state index >= 15 is 4.39 Å². The lowest BCUT2D eigenvalue weighted by atomic mass is 10.1. The van der Waals surface area contributed by atoms with Gasteiger partial charge in [0, 0.05) is 6.92 Å². The minimum absolute atomic E-state index is 0.0969. The number of carbonyl (C=O) groups excluding carboxylic acids is 4. The number of ketones is 1. The van der Waals surface area contributed by atoms with Crippen LogP contribution in [0.1, 0.15) is 26.3 Å². The molecule has 9 nitrogen and oxygen atoms in total. The number of amides is 2. The van der Waals surface area contributed by atoms with Gasteiger partial charge < -0.3 is 14.2 Å². The van der Waals surface area contributed by atoms with Crippen LogP contribution in [0.15, 0.2) is 30.3 Å². The van der Waals surface area contributed by atoms with Crippen molar-refractivity contribution in [2.24, 2.45) is 0 Å². The third kappa shape index (κ3) is 5.66. The molecule has 0 unspecified atom stereocenters. The third-order valence-corrected chi connectivity index (χ3v) is 3.19. The van der Waals surface area contributed by atoms with E-state index in [1.807, 2.05) is 0 Å². The van der Waals surface area contributed by atoms with E-state index in [1.54, 1.807) is 35.8 Å². The zero-order valence-electron chi connectivity index (χ0n) is 15.2. The summed E-state index contributed by atoms with van der Waals surface area (Å²) in [6.45, 7) is 2.96. The molecular weight excluding hydrogens is 363 g/mol. The van der Waals surface area contributed by atoms with Gasteiger partial charge in [-0.1, -0.05) is 30.3 Å². The Morgan fingerprint density at radius 3 is 2.15 bits per heavy atom. The fraction of sp³-hybridized carbons (Fsp3) is 0.412. The van der Waals surface area contributed by atoms with Crippen LogP contribution in [0.2, 0.25) is 0 Å². The van der Waals surface area contributed by atoms with Gasteiger partial charge in [-0.3, -0.25) is 4.79 Å². The van der Waals surface area contributed by atoms with E-state index in [1.165, 1.54) is 13.8 Å². The molecule has 0 aliphatic heterocycles. The number of esters is 1. The Balaban J connectivity index is 3.10. The Kier molecular flexibility index (Phi) is 8.18. The van der Waals surface area contributed by atoms with Crippen LogP contribution in [-0.2, 0) is 30.4 Å². The number of nitrogens with zero attached hydrogens (tertiary/aromatic N) is 1. The maximum atomic E-state index is 15.4. The highest BCUT2D eigenvalue weighted by atomic mass is 19.1.